The summed E-state index contributed by atoms with van der Waals surface area (Å²) < 4.78 is 31.9. The van der Waals surface area contributed by atoms with Crippen LogP contribution in [0.1, 0.15) is 15.9 Å². The minimum Gasteiger partial charge on any atom is -0.465 e. The average molecular weight is 306 g/mol. The van der Waals surface area contributed by atoms with Gasteiger partial charge in [0.25, 0.3) is 10.0 Å². The molecule has 0 bridgehead atoms. The van der Waals surface area contributed by atoms with Crippen molar-refractivity contribution in [1.29, 1.82) is 0 Å². The van der Waals surface area contributed by atoms with E-state index < -0.39 is 16.0 Å². The molecule has 6 nitrogen and oxygen atoms in total. The average Bonchev–Trinajstić information content (AvgIpc) is 2.48. The number of carbonyl (C=O) groups is 1. The zero-order chi connectivity index (χ0) is 15.5. The van der Waals surface area contributed by atoms with Gasteiger partial charge in [0.2, 0.25) is 0 Å². The van der Waals surface area contributed by atoms with E-state index in [1.165, 1.54) is 31.5 Å². The lowest BCUT2D eigenvalue weighted by molar-refractivity contribution is 0.0596. The molecule has 7 heteroatoms. The van der Waals surface area contributed by atoms with Crippen molar-refractivity contribution in [3.8, 4) is 0 Å². The van der Waals surface area contributed by atoms with E-state index in [2.05, 4.69) is 14.4 Å². The Labute approximate surface area is 122 Å². The molecule has 110 valence electrons. The highest BCUT2D eigenvalue weighted by Gasteiger charge is 2.23. The van der Waals surface area contributed by atoms with Gasteiger partial charge in [0.05, 0.1) is 24.6 Å². The Morgan fingerprint density at radius 2 is 1.95 bits per heavy atom. The van der Waals surface area contributed by atoms with E-state index in [1.807, 2.05) is 0 Å². The number of hydrogen-bond donors (Lipinski definition) is 1. The molecule has 1 N–H and O–H groups in total. The lowest BCUT2D eigenvalue weighted by Gasteiger charge is -2.12. The predicted octanol–water partition coefficient (Wildman–Crippen LogP) is 1.98. The molecule has 0 saturated heterocycles. The molecule has 0 aliphatic rings. The maximum Gasteiger partial charge on any atom is 0.339 e. The fourth-order valence-electron chi connectivity index (χ4n) is 1.75. The lowest BCUT2D eigenvalue weighted by Crippen LogP contribution is -2.18. The van der Waals surface area contributed by atoms with Gasteiger partial charge in [-0.15, -0.1) is 0 Å². The van der Waals surface area contributed by atoms with Crippen molar-refractivity contribution in [3.63, 3.8) is 0 Å². The number of methoxy groups -OCH3 is 1. The topological polar surface area (TPSA) is 85.4 Å². The number of pyridine rings is 1. The van der Waals surface area contributed by atoms with Crippen LogP contribution in [0.2, 0.25) is 0 Å². The quantitative estimate of drug-likeness (QED) is 0.873. The molecule has 0 amide bonds. The van der Waals surface area contributed by atoms with Crippen LogP contribution in [0.4, 0.5) is 5.69 Å². The number of nitrogens with one attached hydrogen (secondary N) is 1. The summed E-state index contributed by atoms with van der Waals surface area (Å²) in [6, 6.07) is 7.54. The predicted molar refractivity (Wildman–Crippen MR) is 77.6 cm³/mol. The van der Waals surface area contributed by atoms with E-state index >= 15 is 0 Å². The van der Waals surface area contributed by atoms with Gasteiger partial charge >= 0.3 is 5.97 Å². The monoisotopic (exact) mass is 306 g/mol. The van der Waals surface area contributed by atoms with E-state index in [1.54, 1.807) is 25.3 Å². The SMILES string of the molecule is COC(=O)c1ccccc1S(=O)(=O)Nc1cnccc1C. The number of nitrogens with zero attached hydrogens (tertiary/aromatic N) is 1. The van der Waals surface area contributed by atoms with E-state index in [0.29, 0.717) is 5.69 Å². The normalized spacial score (nSPS) is 11.0. The molecule has 1 heterocycles. The molecule has 1 aromatic carbocycles. The number of carbonyl (C=O) groups excluding carboxylic acids is 1. The van der Waals surface area contributed by atoms with Crippen LogP contribution in [0.5, 0.6) is 0 Å². The summed E-state index contributed by atoms with van der Waals surface area (Å²) in [5.41, 5.74) is 1.07. The van der Waals surface area contributed by atoms with Gasteiger partial charge in [0.15, 0.2) is 0 Å². The van der Waals surface area contributed by atoms with Gasteiger partial charge < -0.3 is 4.74 Å². The van der Waals surface area contributed by atoms with Gasteiger partial charge in [-0.2, -0.15) is 0 Å². The zero-order valence-corrected chi connectivity index (χ0v) is 12.3. The number of anilines is 1. The number of benzene rings is 1. The minimum absolute atomic E-state index is 0.0194. The maximum absolute atomic E-state index is 12.4. The summed E-state index contributed by atoms with van der Waals surface area (Å²) in [6.45, 7) is 1.76. The molecule has 0 aliphatic carbocycles. The van der Waals surface area contributed by atoms with Crippen LogP contribution in [0.25, 0.3) is 0 Å². The lowest BCUT2D eigenvalue weighted by atomic mass is 10.2. The summed E-state index contributed by atoms with van der Waals surface area (Å²) in [6.07, 6.45) is 2.98. The van der Waals surface area contributed by atoms with E-state index in [-0.39, 0.29) is 10.5 Å². The van der Waals surface area contributed by atoms with Crippen molar-refractivity contribution < 1.29 is 17.9 Å². The first-order valence-corrected chi connectivity index (χ1v) is 7.55. The molecule has 0 saturated carbocycles. The fourth-order valence-corrected chi connectivity index (χ4v) is 3.06. The van der Waals surface area contributed by atoms with Gasteiger partial charge in [-0.05, 0) is 30.7 Å². The summed E-state index contributed by atoms with van der Waals surface area (Å²) in [5, 5.41) is 0. The van der Waals surface area contributed by atoms with Crippen molar-refractivity contribution >= 4 is 21.7 Å². The van der Waals surface area contributed by atoms with Gasteiger partial charge in [0.1, 0.15) is 4.90 Å². The number of aryl methyl sites for hydroxylation is 1. The first-order chi connectivity index (χ1) is 9.95. The van der Waals surface area contributed by atoms with Crippen LogP contribution in [0, 0.1) is 6.92 Å². The second kappa shape index (κ2) is 5.92. The van der Waals surface area contributed by atoms with Crippen LogP contribution in [0.15, 0.2) is 47.6 Å². The van der Waals surface area contributed by atoms with E-state index in [9.17, 15) is 13.2 Å². The van der Waals surface area contributed by atoms with Gasteiger partial charge in [-0.3, -0.25) is 9.71 Å². The standard InChI is InChI=1S/C14H14N2O4S/c1-10-7-8-15-9-12(10)16-21(18,19)13-6-4-3-5-11(13)14(17)20-2/h3-9,16H,1-2H3. The Bertz CT molecular complexity index is 772. The number of ether oxygens (including phenoxy) is 1. The van der Waals surface area contributed by atoms with Crippen LogP contribution in [-0.2, 0) is 14.8 Å². The molecule has 2 rings (SSSR count). The van der Waals surface area contributed by atoms with Crippen molar-refractivity contribution in [2.75, 3.05) is 11.8 Å². The second-order valence-corrected chi connectivity index (χ2v) is 5.93. The van der Waals surface area contributed by atoms with Crippen molar-refractivity contribution in [2.45, 2.75) is 11.8 Å². The summed E-state index contributed by atoms with van der Waals surface area (Å²) in [4.78, 5) is 15.4. The third-order valence-corrected chi connectivity index (χ3v) is 4.29. The number of hydrogen-bond acceptors (Lipinski definition) is 5. The maximum atomic E-state index is 12.4. The molecule has 0 radical (unpaired) electrons. The van der Waals surface area contributed by atoms with Gasteiger partial charge in [-0.25, -0.2) is 13.2 Å². The highest BCUT2D eigenvalue weighted by Crippen LogP contribution is 2.21. The molecule has 1 aromatic heterocycles. The molecule has 0 spiro atoms. The summed E-state index contributed by atoms with van der Waals surface area (Å²) >= 11 is 0. The molecule has 0 aliphatic heterocycles. The van der Waals surface area contributed by atoms with Crippen molar-refractivity contribution in [2.24, 2.45) is 0 Å². The Morgan fingerprint density at radius 1 is 1.24 bits per heavy atom. The Hall–Kier alpha value is -2.41. The highest BCUT2D eigenvalue weighted by atomic mass is 32.2. The van der Waals surface area contributed by atoms with Crippen LogP contribution in [-0.4, -0.2) is 26.5 Å². The van der Waals surface area contributed by atoms with E-state index in [4.69, 9.17) is 0 Å². The van der Waals surface area contributed by atoms with Crippen LogP contribution < -0.4 is 4.72 Å². The number of aromatic nitrogens is 1. The Morgan fingerprint density at radius 3 is 2.62 bits per heavy atom. The molecule has 2 aromatic rings. The molecule has 21 heavy (non-hydrogen) atoms. The van der Waals surface area contributed by atoms with Gasteiger partial charge in [0, 0.05) is 6.20 Å². The first kappa shape index (κ1) is 15.0. The van der Waals surface area contributed by atoms with E-state index in [0.717, 1.165) is 5.56 Å². The largest absolute Gasteiger partial charge is 0.465 e. The summed E-state index contributed by atoms with van der Waals surface area (Å²) in [7, 11) is -2.71. The Balaban J connectivity index is 2.46. The number of rotatable bonds is 4. The van der Waals surface area contributed by atoms with Crippen LogP contribution in [0.3, 0.4) is 0 Å². The first-order valence-electron chi connectivity index (χ1n) is 6.06. The molecular formula is C14H14N2O4S. The molecule has 0 unspecified atom stereocenters. The van der Waals surface area contributed by atoms with Crippen molar-refractivity contribution in [3.05, 3.63) is 53.9 Å². The smallest absolute Gasteiger partial charge is 0.339 e. The number of esters is 1. The van der Waals surface area contributed by atoms with Crippen LogP contribution >= 0.6 is 0 Å². The second-order valence-electron chi connectivity index (χ2n) is 4.28. The number of sulfonamides is 1. The third kappa shape index (κ3) is 3.19. The molecule has 0 atom stereocenters. The molecular weight excluding hydrogens is 292 g/mol. The van der Waals surface area contributed by atoms with Crippen molar-refractivity contribution in [1.82, 2.24) is 4.98 Å². The minimum atomic E-state index is -3.91. The fraction of sp³-hybridized carbons (Fsp3) is 0.143. The van der Waals surface area contributed by atoms with Gasteiger partial charge in [-0.1, -0.05) is 12.1 Å². The zero-order valence-electron chi connectivity index (χ0n) is 11.5. The molecule has 0 fully saturated rings. The third-order valence-electron chi connectivity index (χ3n) is 2.87. The highest BCUT2D eigenvalue weighted by molar-refractivity contribution is 7.92. The summed E-state index contributed by atoms with van der Waals surface area (Å²) in [5.74, 6) is -0.709. The Kier molecular flexibility index (Phi) is 4.23.